The van der Waals surface area contributed by atoms with Gasteiger partial charge in [-0.3, -0.25) is 4.79 Å². The van der Waals surface area contributed by atoms with Gasteiger partial charge >= 0.3 is 6.03 Å². The van der Waals surface area contributed by atoms with Gasteiger partial charge in [-0.1, -0.05) is 12.1 Å². The summed E-state index contributed by atoms with van der Waals surface area (Å²) in [6.45, 7) is 2.49. The van der Waals surface area contributed by atoms with Crippen LogP contribution in [0.1, 0.15) is 18.4 Å². The molecule has 0 aliphatic carbocycles. The molecule has 3 rings (SSSR count). The van der Waals surface area contributed by atoms with Gasteiger partial charge in [0, 0.05) is 18.3 Å². The maximum absolute atomic E-state index is 12.9. The molecule has 2 aromatic rings. The van der Waals surface area contributed by atoms with Crippen LogP contribution in [0.4, 0.5) is 16.2 Å². The third kappa shape index (κ3) is 4.36. The summed E-state index contributed by atoms with van der Waals surface area (Å²) in [4.78, 5) is 27.2. The van der Waals surface area contributed by atoms with Gasteiger partial charge in [-0.15, -0.1) is 0 Å². The number of urea groups is 1. The lowest BCUT2D eigenvalue weighted by atomic mass is 10.2. The third-order valence-electron chi connectivity index (χ3n) is 4.75. The molecule has 1 atom stereocenters. The molecule has 148 valence electrons. The van der Waals surface area contributed by atoms with E-state index in [1.54, 1.807) is 30.2 Å². The van der Waals surface area contributed by atoms with Crippen LogP contribution in [0.3, 0.4) is 0 Å². The number of carbonyl (C=O) groups is 2. The van der Waals surface area contributed by atoms with Gasteiger partial charge < -0.3 is 25.0 Å². The van der Waals surface area contributed by atoms with Crippen molar-refractivity contribution in [1.82, 2.24) is 4.90 Å². The van der Waals surface area contributed by atoms with Crippen LogP contribution in [0, 0.1) is 6.92 Å². The Morgan fingerprint density at radius 2 is 1.89 bits per heavy atom. The summed E-state index contributed by atoms with van der Waals surface area (Å²) in [7, 11) is 3.09. The van der Waals surface area contributed by atoms with Gasteiger partial charge in [0.05, 0.1) is 19.9 Å². The molecule has 1 fully saturated rings. The minimum atomic E-state index is -0.541. The summed E-state index contributed by atoms with van der Waals surface area (Å²) in [5.41, 5.74) is 2.28. The van der Waals surface area contributed by atoms with E-state index >= 15 is 0 Å². The van der Waals surface area contributed by atoms with Crippen LogP contribution in [0.5, 0.6) is 11.5 Å². The highest BCUT2D eigenvalue weighted by molar-refractivity contribution is 6.00. The molecule has 0 bridgehead atoms. The molecule has 28 heavy (non-hydrogen) atoms. The predicted molar refractivity (Wildman–Crippen MR) is 108 cm³/mol. The largest absolute Gasteiger partial charge is 0.497 e. The first-order valence-corrected chi connectivity index (χ1v) is 9.19. The van der Waals surface area contributed by atoms with Crippen LogP contribution in [0.25, 0.3) is 0 Å². The van der Waals surface area contributed by atoms with Crippen LogP contribution in [0.15, 0.2) is 42.5 Å². The highest BCUT2D eigenvalue weighted by Crippen LogP contribution is 2.30. The normalized spacial score (nSPS) is 15.8. The van der Waals surface area contributed by atoms with Crippen LogP contribution < -0.4 is 20.1 Å². The maximum atomic E-state index is 12.9. The van der Waals surface area contributed by atoms with Crippen LogP contribution in [-0.4, -0.2) is 43.6 Å². The number of ether oxygens (including phenoxy) is 2. The zero-order valence-electron chi connectivity index (χ0n) is 16.3. The molecule has 1 saturated heterocycles. The molecule has 2 aromatic carbocycles. The number of nitrogens with zero attached hydrogens (tertiary/aromatic N) is 1. The molecule has 7 nitrogen and oxygen atoms in total. The van der Waals surface area contributed by atoms with Gasteiger partial charge in [-0.2, -0.15) is 0 Å². The lowest BCUT2D eigenvalue weighted by molar-refractivity contribution is -0.119. The number of methoxy groups -OCH3 is 2. The lowest BCUT2D eigenvalue weighted by Crippen LogP contribution is -2.45. The Hall–Kier alpha value is -3.22. The fraction of sp³-hybridized carbons (Fsp3) is 0.333. The number of carbonyl (C=O) groups excluding carboxylic acids is 2. The zero-order chi connectivity index (χ0) is 20.1. The number of aryl methyl sites for hydroxylation is 1. The van der Waals surface area contributed by atoms with E-state index in [-0.39, 0.29) is 11.9 Å². The Bertz CT molecular complexity index is 868. The Morgan fingerprint density at radius 1 is 1.07 bits per heavy atom. The number of amides is 3. The zero-order valence-corrected chi connectivity index (χ0v) is 16.3. The number of benzene rings is 2. The molecule has 0 spiro atoms. The van der Waals surface area contributed by atoms with Gasteiger partial charge in [0.2, 0.25) is 5.91 Å². The van der Waals surface area contributed by atoms with Crippen molar-refractivity contribution >= 4 is 23.3 Å². The number of hydrogen-bond acceptors (Lipinski definition) is 4. The van der Waals surface area contributed by atoms with E-state index in [1.807, 2.05) is 31.2 Å². The molecule has 1 aliphatic rings. The van der Waals surface area contributed by atoms with Gasteiger partial charge in [0.25, 0.3) is 0 Å². The highest BCUT2D eigenvalue weighted by atomic mass is 16.5. The molecular formula is C21H25N3O4. The fourth-order valence-electron chi connectivity index (χ4n) is 3.33. The van der Waals surface area contributed by atoms with Crippen molar-refractivity contribution in [2.75, 3.05) is 31.4 Å². The Kier molecular flexibility index (Phi) is 6.03. The smallest absolute Gasteiger partial charge is 0.322 e. The second-order valence-electron chi connectivity index (χ2n) is 6.71. The van der Waals surface area contributed by atoms with E-state index < -0.39 is 6.04 Å². The predicted octanol–water partition coefficient (Wildman–Crippen LogP) is 3.65. The lowest BCUT2D eigenvalue weighted by Gasteiger charge is -2.24. The van der Waals surface area contributed by atoms with Crippen molar-refractivity contribution in [2.24, 2.45) is 0 Å². The quantitative estimate of drug-likeness (QED) is 0.826. The van der Waals surface area contributed by atoms with Gasteiger partial charge in [0.15, 0.2) is 0 Å². The van der Waals surface area contributed by atoms with E-state index in [0.717, 1.165) is 12.0 Å². The molecule has 3 amide bonds. The number of rotatable bonds is 5. The van der Waals surface area contributed by atoms with Crippen molar-refractivity contribution in [2.45, 2.75) is 25.8 Å². The van der Waals surface area contributed by atoms with Gasteiger partial charge in [-0.25, -0.2) is 4.79 Å². The molecule has 0 unspecified atom stereocenters. The molecular weight excluding hydrogens is 358 g/mol. The Labute approximate surface area is 164 Å². The minimum Gasteiger partial charge on any atom is -0.497 e. The summed E-state index contributed by atoms with van der Waals surface area (Å²) in [6, 6.07) is 11.9. The second-order valence-corrected chi connectivity index (χ2v) is 6.71. The molecule has 0 saturated carbocycles. The average Bonchev–Trinajstić information content (AvgIpc) is 3.18. The SMILES string of the molecule is COc1ccc(OC)c(NC(=O)[C@@H]2CCCN2C(=O)Nc2cccc(C)c2)c1. The minimum absolute atomic E-state index is 0.247. The number of anilines is 2. The van der Waals surface area contributed by atoms with Crippen LogP contribution >= 0.6 is 0 Å². The van der Waals surface area contributed by atoms with Gasteiger partial charge in [0.1, 0.15) is 17.5 Å². The van der Waals surface area contributed by atoms with Crippen LogP contribution in [0.2, 0.25) is 0 Å². The number of hydrogen-bond donors (Lipinski definition) is 2. The van der Waals surface area contributed by atoms with E-state index in [1.165, 1.54) is 7.11 Å². The Balaban J connectivity index is 1.72. The average molecular weight is 383 g/mol. The standard InChI is InChI=1S/C21H25N3O4/c1-14-6-4-7-15(12-14)22-21(26)24-11-5-8-18(24)20(25)23-17-13-16(27-2)9-10-19(17)28-3/h4,6-7,9-10,12-13,18H,5,8,11H2,1-3H3,(H,22,26)(H,23,25)/t18-/m0/s1. The van der Waals surface area contributed by atoms with E-state index in [2.05, 4.69) is 10.6 Å². The first-order valence-electron chi connectivity index (χ1n) is 9.19. The molecule has 2 N–H and O–H groups in total. The number of likely N-dealkylation sites (tertiary alicyclic amines) is 1. The number of nitrogens with one attached hydrogen (secondary N) is 2. The summed E-state index contributed by atoms with van der Waals surface area (Å²) in [6.07, 6.45) is 1.38. The molecule has 7 heteroatoms. The first kappa shape index (κ1) is 19.5. The van der Waals surface area contributed by atoms with E-state index in [0.29, 0.717) is 35.8 Å². The van der Waals surface area contributed by atoms with Gasteiger partial charge in [-0.05, 0) is 49.6 Å². The van der Waals surface area contributed by atoms with E-state index in [4.69, 9.17) is 9.47 Å². The van der Waals surface area contributed by atoms with Crippen molar-refractivity contribution in [3.8, 4) is 11.5 Å². The van der Waals surface area contributed by atoms with Crippen molar-refractivity contribution in [3.05, 3.63) is 48.0 Å². The van der Waals surface area contributed by atoms with Crippen molar-refractivity contribution in [1.29, 1.82) is 0 Å². The topological polar surface area (TPSA) is 79.9 Å². The monoisotopic (exact) mass is 383 g/mol. The molecule has 1 aliphatic heterocycles. The third-order valence-corrected chi connectivity index (χ3v) is 4.75. The van der Waals surface area contributed by atoms with E-state index in [9.17, 15) is 9.59 Å². The van der Waals surface area contributed by atoms with Crippen molar-refractivity contribution < 1.29 is 19.1 Å². The summed E-state index contributed by atoms with van der Waals surface area (Å²) in [5, 5.41) is 5.75. The second kappa shape index (κ2) is 8.65. The molecule has 0 aromatic heterocycles. The highest BCUT2D eigenvalue weighted by Gasteiger charge is 2.34. The molecule has 1 heterocycles. The fourth-order valence-corrected chi connectivity index (χ4v) is 3.33. The summed E-state index contributed by atoms with van der Waals surface area (Å²) in [5.74, 6) is 0.892. The Morgan fingerprint density at radius 3 is 2.61 bits per heavy atom. The maximum Gasteiger partial charge on any atom is 0.322 e. The molecule has 0 radical (unpaired) electrons. The first-order chi connectivity index (χ1) is 13.5. The summed E-state index contributed by atoms with van der Waals surface area (Å²) < 4.78 is 10.5. The summed E-state index contributed by atoms with van der Waals surface area (Å²) >= 11 is 0. The van der Waals surface area contributed by atoms with Crippen LogP contribution in [-0.2, 0) is 4.79 Å². The van der Waals surface area contributed by atoms with Crippen molar-refractivity contribution in [3.63, 3.8) is 0 Å².